The quantitative estimate of drug-likeness (QED) is 0.653. The Morgan fingerprint density at radius 1 is 1.19 bits per heavy atom. The average molecular weight is 220 g/mol. The Balaban J connectivity index is 2.24. The van der Waals surface area contributed by atoms with E-state index in [0.29, 0.717) is 6.42 Å². The second kappa shape index (κ2) is 7.22. The van der Waals surface area contributed by atoms with Crippen LogP contribution in [0.15, 0.2) is 0 Å². The highest BCUT2D eigenvalue weighted by Crippen LogP contribution is 2.09. The number of rotatable bonds is 5. The van der Waals surface area contributed by atoms with Crippen LogP contribution in [0.2, 0.25) is 0 Å². The van der Waals surface area contributed by atoms with Gasteiger partial charge in [-0.25, -0.2) is 0 Å². The Morgan fingerprint density at radius 3 is 2.38 bits per heavy atom. The van der Waals surface area contributed by atoms with E-state index < -0.39 is 0 Å². The van der Waals surface area contributed by atoms with Crippen LogP contribution in [0, 0.1) is 22.7 Å². The molecule has 1 saturated heterocycles. The lowest BCUT2D eigenvalue weighted by Crippen LogP contribution is -2.49. The standard InChI is InChI=1S/C12H20N4/c1-2-12(11-14)16-9-7-15(8-10-16)6-4-3-5-13/h12H,2-4,6-10H2,1H3. The molecule has 0 spiro atoms. The van der Waals surface area contributed by atoms with E-state index in [4.69, 9.17) is 10.5 Å². The first-order valence-corrected chi connectivity index (χ1v) is 6.04. The smallest absolute Gasteiger partial charge is 0.0976 e. The first kappa shape index (κ1) is 13.0. The fourth-order valence-electron chi connectivity index (χ4n) is 2.11. The zero-order chi connectivity index (χ0) is 11.8. The topological polar surface area (TPSA) is 54.1 Å². The largest absolute Gasteiger partial charge is 0.301 e. The molecular weight excluding hydrogens is 200 g/mol. The molecule has 16 heavy (non-hydrogen) atoms. The molecule has 88 valence electrons. The van der Waals surface area contributed by atoms with E-state index in [1.807, 2.05) is 0 Å². The highest BCUT2D eigenvalue weighted by Gasteiger charge is 2.21. The lowest BCUT2D eigenvalue weighted by molar-refractivity contribution is 0.112. The minimum Gasteiger partial charge on any atom is -0.301 e. The lowest BCUT2D eigenvalue weighted by atomic mass is 10.2. The summed E-state index contributed by atoms with van der Waals surface area (Å²) in [5.74, 6) is 0. The van der Waals surface area contributed by atoms with Gasteiger partial charge in [0.05, 0.1) is 18.2 Å². The van der Waals surface area contributed by atoms with Crippen molar-refractivity contribution in [2.24, 2.45) is 0 Å². The number of nitriles is 2. The zero-order valence-corrected chi connectivity index (χ0v) is 10.0. The fourth-order valence-corrected chi connectivity index (χ4v) is 2.11. The molecule has 1 heterocycles. The van der Waals surface area contributed by atoms with E-state index in [1.54, 1.807) is 0 Å². The third-order valence-corrected chi connectivity index (χ3v) is 3.15. The summed E-state index contributed by atoms with van der Waals surface area (Å²) in [6.45, 7) is 7.11. The van der Waals surface area contributed by atoms with Crippen molar-refractivity contribution in [2.75, 3.05) is 32.7 Å². The Morgan fingerprint density at radius 2 is 1.88 bits per heavy atom. The zero-order valence-electron chi connectivity index (χ0n) is 10.0. The second-order valence-corrected chi connectivity index (χ2v) is 4.19. The number of hydrogen-bond acceptors (Lipinski definition) is 4. The second-order valence-electron chi connectivity index (χ2n) is 4.19. The molecule has 1 rings (SSSR count). The highest BCUT2D eigenvalue weighted by molar-refractivity contribution is 4.92. The van der Waals surface area contributed by atoms with E-state index >= 15 is 0 Å². The van der Waals surface area contributed by atoms with Crippen molar-refractivity contribution < 1.29 is 0 Å². The summed E-state index contributed by atoms with van der Waals surface area (Å²) >= 11 is 0. The van der Waals surface area contributed by atoms with Crippen molar-refractivity contribution in [3.63, 3.8) is 0 Å². The van der Waals surface area contributed by atoms with E-state index in [9.17, 15) is 0 Å². The molecular formula is C12H20N4. The summed E-state index contributed by atoms with van der Waals surface area (Å²) in [6, 6.07) is 4.61. The number of piperazine rings is 1. The molecule has 0 amide bonds. The Bertz CT molecular complexity index is 268. The normalized spacial score (nSPS) is 19.9. The molecule has 1 aliphatic heterocycles. The predicted octanol–water partition coefficient (Wildman–Crippen LogP) is 1.21. The van der Waals surface area contributed by atoms with Crippen LogP contribution >= 0.6 is 0 Å². The van der Waals surface area contributed by atoms with Gasteiger partial charge < -0.3 is 4.90 Å². The average Bonchev–Trinajstić information content (AvgIpc) is 2.33. The molecule has 0 aromatic rings. The third-order valence-electron chi connectivity index (χ3n) is 3.15. The summed E-state index contributed by atoms with van der Waals surface area (Å²) in [5.41, 5.74) is 0. The minimum absolute atomic E-state index is 0.0845. The van der Waals surface area contributed by atoms with Crippen LogP contribution in [-0.4, -0.2) is 48.6 Å². The van der Waals surface area contributed by atoms with Gasteiger partial charge in [-0.1, -0.05) is 6.92 Å². The molecule has 0 aromatic heterocycles. The molecule has 4 nitrogen and oxygen atoms in total. The summed E-state index contributed by atoms with van der Waals surface area (Å²) < 4.78 is 0. The van der Waals surface area contributed by atoms with Gasteiger partial charge in [-0.15, -0.1) is 0 Å². The van der Waals surface area contributed by atoms with Gasteiger partial charge in [0.25, 0.3) is 0 Å². The molecule has 0 N–H and O–H groups in total. The number of unbranched alkanes of at least 4 members (excludes halogenated alkanes) is 1. The van der Waals surface area contributed by atoms with Gasteiger partial charge in [0.1, 0.15) is 0 Å². The Labute approximate surface area is 98.1 Å². The molecule has 0 saturated carbocycles. The van der Waals surface area contributed by atoms with Crippen LogP contribution in [0.4, 0.5) is 0 Å². The van der Waals surface area contributed by atoms with Gasteiger partial charge in [-0.3, -0.25) is 4.90 Å². The van der Waals surface area contributed by atoms with Gasteiger partial charge >= 0.3 is 0 Å². The highest BCUT2D eigenvalue weighted by atomic mass is 15.3. The number of nitrogens with zero attached hydrogens (tertiary/aromatic N) is 4. The first-order valence-electron chi connectivity index (χ1n) is 6.04. The fraction of sp³-hybridized carbons (Fsp3) is 0.833. The maximum absolute atomic E-state index is 8.98. The minimum atomic E-state index is 0.0845. The molecule has 1 atom stereocenters. The monoisotopic (exact) mass is 220 g/mol. The van der Waals surface area contributed by atoms with E-state index in [1.165, 1.54) is 0 Å². The van der Waals surface area contributed by atoms with Crippen LogP contribution < -0.4 is 0 Å². The van der Waals surface area contributed by atoms with Crippen molar-refractivity contribution >= 4 is 0 Å². The van der Waals surface area contributed by atoms with Crippen molar-refractivity contribution in [2.45, 2.75) is 32.2 Å². The molecule has 1 fully saturated rings. The van der Waals surface area contributed by atoms with Gasteiger partial charge in [0.15, 0.2) is 0 Å². The number of hydrogen-bond donors (Lipinski definition) is 0. The van der Waals surface area contributed by atoms with E-state index in [2.05, 4.69) is 28.9 Å². The molecule has 0 aliphatic carbocycles. The predicted molar refractivity (Wildman–Crippen MR) is 62.6 cm³/mol. The van der Waals surface area contributed by atoms with Crippen LogP contribution in [0.25, 0.3) is 0 Å². The molecule has 1 unspecified atom stereocenters. The molecule has 0 bridgehead atoms. The third kappa shape index (κ3) is 3.81. The van der Waals surface area contributed by atoms with Gasteiger partial charge in [0.2, 0.25) is 0 Å². The van der Waals surface area contributed by atoms with Gasteiger partial charge in [-0.05, 0) is 19.4 Å². The Kier molecular flexibility index (Phi) is 5.85. The van der Waals surface area contributed by atoms with Crippen LogP contribution in [-0.2, 0) is 0 Å². The summed E-state index contributed by atoms with van der Waals surface area (Å²) in [7, 11) is 0. The van der Waals surface area contributed by atoms with Gasteiger partial charge in [-0.2, -0.15) is 10.5 Å². The van der Waals surface area contributed by atoms with Crippen LogP contribution in [0.5, 0.6) is 0 Å². The van der Waals surface area contributed by atoms with Crippen molar-refractivity contribution in [1.82, 2.24) is 9.80 Å². The molecule has 4 heteroatoms. The van der Waals surface area contributed by atoms with E-state index in [0.717, 1.165) is 45.6 Å². The first-order chi connectivity index (χ1) is 7.81. The summed E-state index contributed by atoms with van der Waals surface area (Å²) in [6.07, 6.45) is 2.52. The molecule has 0 aromatic carbocycles. The molecule has 0 radical (unpaired) electrons. The maximum Gasteiger partial charge on any atom is 0.0976 e. The SMILES string of the molecule is CCC(C#N)N1CCN(CCCC#N)CC1. The Hall–Kier alpha value is -1.10. The maximum atomic E-state index is 8.98. The van der Waals surface area contributed by atoms with E-state index in [-0.39, 0.29) is 6.04 Å². The van der Waals surface area contributed by atoms with Crippen LogP contribution in [0.3, 0.4) is 0 Å². The van der Waals surface area contributed by atoms with Crippen molar-refractivity contribution in [3.05, 3.63) is 0 Å². The molecule has 1 aliphatic rings. The summed E-state index contributed by atoms with van der Waals surface area (Å²) in [4.78, 5) is 4.65. The van der Waals surface area contributed by atoms with Crippen LogP contribution in [0.1, 0.15) is 26.2 Å². The van der Waals surface area contributed by atoms with Crippen molar-refractivity contribution in [3.8, 4) is 12.1 Å². The van der Waals surface area contributed by atoms with Gasteiger partial charge in [0, 0.05) is 32.6 Å². The summed E-state index contributed by atoms with van der Waals surface area (Å²) in [5, 5.41) is 17.4. The van der Waals surface area contributed by atoms with Crippen molar-refractivity contribution in [1.29, 1.82) is 10.5 Å². The lowest BCUT2D eigenvalue weighted by Gasteiger charge is -2.36.